The van der Waals surface area contributed by atoms with Crippen LogP contribution in [0.3, 0.4) is 0 Å². The van der Waals surface area contributed by atoms with E-state index in [4.69, 9.17) is 16.3 Å². The Balaban J connectivity index is 1.70. The molecule has 1 aliphatic rings. The molecule has 1 saturated heterocycles. The molecule has 0 atom stereocenters. The van der Waals surface area contributed by atoms with E-state index in [9.17, 15) is 17.2 Å². The zero-order valence-electron chi connectivity index (χ0n) is 11.6. The maximum absolute atomic E-state index is 13.6. The third-order valence-corrected chi connectivity index (χ3v) is 5.43. The molecule has 1 aliphatic heterocycles. The first-order valence-corrected chi connectivity index (χ1v) is 8.42. The number of benzene rings is 1. The van der Waals surface area contributed by atoms with Crippen LogP contribution >= 0.6 is 11.6 Å². The van der Waals surface area contributed by atoms with Crippen LogP contribution in [0.25, 0.3) is 0 Å². The van der Waals surface area contributed by atoms with E-state index in [2.05, 4.69) is 4.98 Å². The second-order valence-corrected chi connectivity index (χ2v) is 7.24. The fourth-order valence-electron chi connectivity index (χ4n) is 2.13. The topological polar surface area (TPSA) is 59.5 Å². The van der Waals surface area contributed by atoms with Gasteiger partial charge in [0.05, 0.1) is 18.1 Å². The lowest BCUT2D eigenvalue weighted by molar-refractivity contribution is 0.0717. The summed E-state index contributed by atoms with van der Waals surface area (Å²) in [6.07, 6.45) is 0.965. The lowest BCUT2D eigenvalue weighted by Gasteiger charge is -2.37. The number of rotatable bonds is 4. The van der Waals surface area contributed by atoms with Gasteiger partial charge in [0.2, 0.25) is 15.9 Å². The smallest absolute Gasteiger partial charge is 0.249 e. The van der Waals surface area contributed by atoms with Gasteiger partial charge < -0.3 is 4.74 Å². The van der Waals surface area contributed by atoms with Gasteiger partial charge in [0, 0.05) is 12.3 Å². The highest BCUT2D eigenvalue weighted by Crippen LogP contribution is 2.27. The van der Waals surface area contributed by atoms with Gasteiger partial charge in [0.1, 0.15) is 17.7 Å². The highest BCUT2D eigenvalue weighted by atomic mass is 35.5. The van der Waals surface area contributed by atoms with Crippen LogP contribution in [0.4, 0.5) is 8.78 Å². The molecule has 1 aromatic heterocycles. The van der Waals surface area contributed by atoms with E-state index in [1.165, 1.54) is 6.20 Å². The van der Waals surface area contributed by atoms with Gasteiger partial charge in [-0.15, -0.1) is 0 Å². The van der Waals surface area contributed by atoms with E-state index in [0.717, 1.165) is 22.5 Å². The predicted molar refractivity (Wildman–Crippen MR) is 78.8 cm³/mol. The molecule has 2 heterocycles. The SMILES string of the molecule is O=S(=O)(c1c(F)cccc1F)N1CC(Oc2ccc(Cl)cn2)C1. The molecule has 0 bridgehead atoms. The van der Waals surface area contributed by atoms with E-state index in [0.29, 0.717) is 10.9 Å². The van der Waals surface area contributed by atoms with Crippen LogP contribution in [0.5, 0.6) is 5.88 Å². The molecule has 0 amide bonds. The average molecular weight is 361 g/mol. The molecular formula is C14H11ClF2N2O3S. The third-order valence-electron chi connectivity index (χ3n) is 3.32. The van der Waals surface area contributed by atoms with Gasteiger partial charge in [0.25, 0.3) is 0 Å². The Morgan fingerprint density at radius 2 is 1.83 bits per heavy atom. The molecule has 3 rings (SSSR count). The molecule has 1 aromatic carbocycles. The number of nitrogens with zero attached hydrogens (tertiary/aromatic N) is 2. The molecule has 0 aliphatic carbocycles. The van der Waals surface area contributed by atoms with Gasteiger partial charge in [-0.25, -0.2) is 22.2 Å². The van der Waals surface area contributed by atoms with Crippen molar-refractivity contribution in [2.75, 3.05) is 13.1 Å². The lowest BCUT2D eigenvalue weighted by atomic mass is 10.2. The van der Waals surface area contributed by atoms with E-state index in [1.54, 1.807) is 12.1 Å². The molecule has 1 fully saturated rings. The monoisotopic (exact) mass is 360 g/mol. The van der Waals surface area contributed by atoms with E-state index in [1.807, 2.05) is 0 Å². The predicted octanol–water partition coefficient (Wildman–Crippen LogP) is 2.47. The molecular weight excluding hydrogens is 350 g/mol. The number of pyridine rings is 1. The van der Waals surface area contributed by atoms with Crippen LogP contribution in [0, 0.1) is 11.6 Å². The van der Waals surface area contributed by atoms with Gasteiger partial charge in [-0.2, -0.15) is 4.31 Å². The van der Waals surface area contributed by atoms with E-state index < -0.39 is 32.7 Å². The molecule has 0 saturated carbocycles. The van der Waals surface area contributed by atoms with Gasteiger partial charge in [-0.05, 0) is 18.2 Å². The van der Waals surface area contributed by atoms with E-state index >= 15 is 0 Å². The van der Waals surface area contributed by atoms with Gasteiger partial charge in [-0.1, -0.05) is 17.7 Å². The second kappa shape index (κ2) is 6.03. The van der Waals surface area contributed by atoms with Crippen molar-refractivity contribution in [1.29, 1.82) is 0 Å². The zero-order valence-corrected chi connectivity index (χ0v) is 13.2. The van der Waals surface area contributed by atoms with Crippen LogP contribution < -0.4 is 4.74 Å². The summed E-state index contributed by atoms with van der Waals surface area (Å²) in [5.41, 5.74) is 0. The van der Waals surface area contributed by atoms with Crippen molar-refractivity contribution in [3.8, 4) is 5.88 Å². The Morgan fingerprint density at radius 3 is 2.39 bits per heavy atom. The number of halogens is 3. The maximum Gasteiger partial charge on any atom is 0.249 e. The average Bonchev–Trinajstić information content (AvgIpc) is 2.43. The van der Waals surface area contributed by atoms with Crippen molar-refractivity contribution in [3.63, 3.8) is 0 Å². The lowest BCUT2D eigenvalue weighted by Crippen LogP contribution is -2.56. The van der Waals surface area contributed by atoms with Crippen molar-refractivity contribution >= 4 is 21.6 Å². The van der Waals surface area contributed by atoms with Crippen LogP contribution in [-0.2, 0) is 10.0 Å². The fourth-order valence-corrected chi connectivity index (χ4v) is 3.86. The number of ether oxygens (including phenoxy) is 1. The number of aromatic nitrogens is 1. The molecule has 0 N–H and O–H groups in total. The van der Waals surface area contributed by atoms with Crippen molar-refractivity contribution in [2.24, 2.45) is 0 Å². The number of hydrogen-bond acceptors (Lipinski definition) is 4. The Morgan fingerprint density at radius 1 is 1.17 bits per heavy atom. The quantitative estimate of drug-likeness (QED) is 0.840. The Labute approximate surface area is 136 Å². The first kappa shape index (κ1) is 16.1. The Bertz CT molecular complexity index is 804. The minimum atomic E-state index is -4.23. The Hall–Kier alpha value is -1.77. The first-order valence-electron chi connectivity index (χ1n) is 6.60. The fraction of sp³-hybridized carbons (Fsp3) is 0.214. The molecule has 0 spiro atoms. The zero-order chi connectivity index (χ0) is 16.6. The van der Waals surface area contributed by atoms with Gasteiger partial charge in [-0.3, -0.25) is 0 Å². The summed E-state index contributed by atoms with van der Waals surface area (Å²) in [5.74, 6) is -1.93. The summed E-state index contributed by atoms with van der Waals surface area (Å²) in [7, 11) is -4.23. The van der Waals surface area contributed by atoms with Crippen LogP contribution in [0.1, 0.15) is 0 Å². The highest BCUT2D eigenvalue weighted by molar-refractivity contribution is 7.89. The minimum Gasteiger partial charge on any atom is -0.472 e. The summed E-state index contributed by atoms with van der Waals surface area (Å²) in [6.45, 7) is -0.0270. The summed E-state index contributed by atoms with van der Waals surface area (Å²) in [5, 5.41) is 0.449. The van der Waals surface area contributed by atoms with Crippen LogP contribution in [0.15, 0.2) is 41.4 Å². The third kappa shape index (κ3) is 3.15. The van der Waals surface area contributed by atoms with Gasteiger partial charge in [0.15, 0.2) is 4.90 Å². The highest BCUT2D eigenvalue weighted by Gasteiger charge is 2.40. The number of hydrogen-bond donors (Lipinski definition) is 0. The summed E-state index contributed by atoms with van der Waals surface area (Å²) < 4.78 is 58.2. The first-order chi connectivity index (χ1) is 10.9. The molecule has 0 radical (unpaired) electrons. The normalized spacial score (nSPS) is 16.1. The van der Waals surface area contributed by atoms with Crippen LogP contribution in [-0.4, -0.2) is 36.9 Å². The molecule has 9 heteroatoms. The molecule has 23 heavy (non-hydrogen) atoms. The van der Waals surface area contributed by atoms with Crippen molar-refractivity contribution in [3.05, 3.63) is 53.2 Å². The molecule has 122 valence electrons. The largest absolute Gasteiger partial charge is 0.472 e. The van der Waals surface area contributed by atoms with Crippen molar-refractivity contribution < 1.29 is 21.9 Å². The molecule has 0 unspecified atom stereocenters. The summed E-state index contributed by atoms with van der Waals surface area (Å²) in [6, 6.07) is 6.06. The van der Waals surface area contributed by atoms with Crippen molar-refractivity contribution in [2.45, 2.75) is 11.0 Å². The summed E-state index contributed by atoms with van der Waals surface area (Å²) in [4.78, 5) is 2.99. The summed E-state index contributed by atoms with van der Waals surface area (Å²) >= 11 is 5.70. The molecule has 5 nitrogen and oxygen atoms in total. The second-order valence-electron chi connectivity index (χ2n) is 4.93. The number of sulfonamides is 1. The standard InChI is InChI=1S/C14H11ClF2N2O3S/c15-9-4-5-13(18-6-9)22-10-7-19(8-10)23(20,21)14-11(16)2-1-3-12(14)17/h1-6,10H,7-8H2. The Kier molecular flexibility index (Phi) is 4.22. The van der Waals surface area contributed by atoms with E-state index in [-0.39, 0.29) is 13.1 Å². The van der Waals surface area contributed by atoms with Gasteiger partial charge >= 0.3 is 0 Å². The minimum absolute atomic E-state index is 0.0135. The van der Waals surface area contributed by atoms with Crippen LogP contribution in [0.2, 0.25) is 5.02 Å². The maximum atomic E-state index is 13.6. The van der Waals surface area contributed by atoms with Crippen molar-refractivity contribution in [1.82, 2.24) is 9.29 Å². The molecule has 2 aromatic rings.